The lowest BCUT2D eigenvalue weighted by atomic mass is 10.4. The Hall–Kier alpha value is -3.65. The minimum atomic E-state index is -1.12. The van der Waals surface area contributed by atoms with Gasteiger partial charge in [-0.1, -0.05) is 0 Å². The van der Waals surface area contributed by atoms with Crippen molar-refractivity contribution in [1.82, 2.24) is 5.32 Å². The van der Waals surface area contributed by atoms with Gasteiger partial charge in [0.2, 0.25) is 12.5 Å². The molecule has 0 aliphatic rings. The highest BCUT2D eigenvalue weighted by molar-refractivity contribution is 5.77. The normalized spacial score (nSPS) is 12.0. The van der Waals surface area contributed by atoms with Gasteiger partial charge < -0.3 is 54.9 Å². The summed E-state index contributed by atoms with van der Waals surface area (Å²) < 4.78 is 9.97. The molecular weight excluding hydrogens is 348 g/mol. The Morgan fingerprint density at radius 3 is 1.81 bits per heavy atom. The van der Waals surface area contributed by atoms with Gasteiger partial charge in [-0.3, -0.25) is 10.4 Å². The Morgan fingerprint density at radius 1 is 0.885 bits per heavy atom. The van der Waals surface area contributed by atoms with E-state index >= 15 is 0 Å². The molecule has 0 aromatic carbocycles. The van der Waals surface area contributed by atoms with Crippen molar-refractivity contribution >= 4 is 30.0 Å². The number of aliphatic imine (C=N–C) groups is 3. The molecule has 0 aliphatic heterocycles. The number of nitrogens with two attached hydrogens (primary N) is 7. The van der Waals surface area contributed by atoms with E-state index in [9.17, 15) is 4.79 Å². The third-order valence-electron chi connectivity index (χ3n) is 2.43. The molecule has 0 aliphatic carbocycles. The molecule has 0 aromatic rings. The lowest BCUT2D eigenvalue weighted by Gasteiger charge is -2.17. The van der Waals surface area contributed by atoms with Gasteiger partial charge in [0.15, 0.2) is 23.8 Å². The molecular formula is C11H26N12O3. The molecule has 0 aromatic heterocycles. The van der Waals surface area contributed by atoms with Crippen LogP contribution < -0.4 is 45.5 Å². The Labute approximate surface area is 149 Å². The molecule has 0 saturated carbocycles. The van der Waals surface area contributed by atoms with Crippen LogP contribution in [-0.4, -0.2) is 55.5 Å². The second-order valence-corrected chi connectivity index (χ2v) is 4.73. The second kappa shape index (κ2) is 11.8. The molecule has 0 spiro atoms. The minimum absolute atomic E-state index is 0.101. The molecule has 0 radical (unpaired) electrons. The van der Waals surface area contributed by atoms with Gasteiger partial charge in [-0.05, 0) is 0 Å². The Kier molecular flexibility index (Phi) is 10.2. The van der Waals surface area contributed by atoms with E-state index in [4.69, 9.17) is 55.0 Å². The molecule has 0 rings (SSSR count). The summed E-state index contributed by atoms with van der Waals surface area (Å²) in [5.41, 5.74) is 36.7. The van der Waals surface area contributed by atoms with E-state index in [-0.39, 0.29) is 49.8 Å². The van der Waals surface area contributed by atoms with Crippen LogP contribution in [0.15, 0.2) is 15.0 Å². The SMILES string of the molecule is N=C(N)NCCC(N=C(N)N)OC(=O)OC(CCN=C(N)N)N=C(N)N. The number of hydrogen-bond donors (Lipinski definition) is 9. The van der Waals surface area contributed by atoms with Crippen molar-refractivity contribution in [2.24, 2.45) is 55.1 Å². The maximum Gasteiger partial charge on any atom is 0.512 e. The summed E-state index contributed by atoms with van der Waals surface area (Å²) >= 11 is 0. The highest BCUT2D eigenvalue weighted by Gasteiger charge is 2.19. The van der Waals surface area contributed by atoms with E-state index in [0.717, 1.165) is 0 Å². The first-order chi connectivity index (χ1) is 12.1. The number of rotatable bonds is 10. The van der Waals surface area contributed by atoms with Crippen molar-refractivity contribution in [3.63, 3.8) is 0 Å². The van der Waals surface area contributed by atoms with Crippen LogP contribution in [0.2, 0.25) is 0 Å². The summed E-state index contributed by atoms with van der Waals surface area (Å²) in [6.45, 7) is 0.281. The summed E-state index contributed by atoms with van der Waals surface area (Å²) in [6, 6.07) is 0. The van der Waals surface area contributed by atoms with Gasteiger partial charge in [-0.25, -0.2) is 14.8 Å². The summed E-state index contributed by atoms with van der Waals surface area (Å²) in [7, 11) is 0. The summed E-state index contributed by atoms with van der Waals surface area (Å²) in [4.78, 5) is 23.1. The van der Waals surface area contributed by atoms with E-state index in [1.54, 1.807) is 0 Å². The standard InChI is InChI=1S/C11H26N12O3/c12-7(13)20-3-1-5(22-9(16)17)25-11(24)26-6(23-10(18)19)2-4-21-8(14)15/h5-6H,1-4H2,(H4,12,13,20)(H4,14,15,21)(H4,16,17,22)(H4,18,19,23). The van der Waals surface area contributed by atoms with Gasteiger partial charge >= 0.3 is 6.16 Å². The third kappa shape index (κ3) is 12.9. The van der Waals surface area contributed by atoms with Crippen LogP contribution in [0.1, 0.15) is 12.8 Å². The number of carbonyl (C=O) groups excluding carboxylic acids is 1. The van der Waals surface area contributed by atoms with Gasteiger partial charge in [0.1, 0.15) is 0 Å². The summed E-state index contributed by atoms with van der Waals surface area (Å²) in [5.74, 6) is -1.01. The third-order valence-corrected chi connectivity index (χ3v) is 2.43. The number of ether oxygens (including phenoxy) is 2. The van der Waals surface area contributed by atoms with Crippen molar-refractivity contribution in [1.29, 1.82) is 5.41 Å². The lowest BCUT2D eigenvalue weighted by molar-refractivity contribution is -0.000128. The Balaban J connectivity index is 4.79. The largest absolute Gasteiger partial charge is 0.512 e. The molecule has 16 N–H and O–H groups in total. The van der Waals surface area contributed by atoms with Crippen LogP contribution in [-0.2, 0) is 9.47 Å². The van der Waals surface area contributed by atoms with Gasteiger partial charge in [0.05, 0.1) is 0 Å². The van der Waals surface area contributed by atoms with Crippen molar-refractivity contribution in [2.45, 2.75) is 25.3 Å². The van der Waals surface area contributed by atoms with Crippen LogP contribution in [0.4, 0.5) is 4.79 Å². The molecule has 15 nitrogen and oxygen atoms in total. The molecule has 0 heterocycles. The average molecular weight is 374 g/mol. The van der Waals surface area contributed by atoms with Crippen LogP contribution >= 0.6 is 0 Å². The van der Waals surface area contributed by atoms with Gasteiger partial charge in [-0.2, -0.15) is 0 Å². The highest BCUT2D eigenvalue weighted by atomic mass is 16.7. The number of guanidine groups is 4. The van der Waals surface area contributed by atoms with Gasteiger partial charge in [-0.15, -0.1) is 0 Å². The molecule has 15 heteroatoms. The molecule has 0 saturated heterocycles. The highest BCUT2D eigenvalue weighted by Crippen LogP contribution is 2.07. The molecule has 2 unspecified atom stereocenters. The second-order valence-electron chi connectivity index (χ2n) is 4.73. The lowest BCUT2D eigenvalue weighted by Crippen LogP contribution is -2.35. The Bertz CT molecular complexity index is 549. The quantitative estimate of drug-likeness (QED) is 0.100. The predicted octanol–water partition coefficient (Wildman–Crippen LogP) is -4.12. The first kappa shape index (κ1) is 22.3. The van der Waals surface area contributed by atoms with Gasteiger partial charge in [0.25, 0.3) is 0 Å². The van der Waals surface area contributed by atoms with Crippen molar-refractivity contribution in [3.8, 4) is 0 Å². The molecule has 148 valence electrons. The van der Waals surface area contributed by atoms with Crippen molar-refractivity contribution in [3.05, 3.63) is 0 Å². The molecule has 2 atom stereocenters. The topological polar surface area (TPSA) is 291 Å². The molecule has 0 bridgehead atoms. The smallest absolute Gasteiger partial charge is 0.408 e. The van der Waals surface area contributed by atoms with E-state index < -0.39 is 18.6 Å². The fourth-order valence-corrected chi connectivity index (χ4v) is 1.52. The fourth-order valence-electron chi connectivity index (χ4n) is 1.52. The van der Waals surface area contributed by atoms with Crippen LogP contribution in [0, 0.1) is 5.41 Å². The van der Waals surface area contributed by atoms with E-state index in [1.807, 2.05) is 0 Å². The molecule has 0 amide bonds. The van der Waals surface area contributed by atoms with Crippen LogP contribution in [0.25, 0.3) is 0 Å². The zero-order valence-electron chi connectivity index (χ0n) is 14.1. The number of nitrogens with one attached hydrogen (secondary N) is 2. The Morgan fingerprint density at radius 2 is 1.38 bits per heavy atom. The van der Waals surface area contributed by atoms with Crippen molar-refractivity contribution in [2.75, 3.05) is 13.1 Å². The first-order valence-corrected chi connectivity index (χ1v) is 7.28. The monoisotopic (exact) mass is 374 g/mol. The summed E-state index contributed by atoms with van der Waals surface area (Å²) in [6.07, 6.45) is -3.05. The number of hydrogen-bond acceptors (Lipinski definition) is 7. The van der Waals surface area contributed by atoms with Crippen LogP contribution in [0.5, 0.6) is 0 Å². The van der Waals surface area contributed by atoms with E-state index in [0.29, 0.717) is 0 Å². The predicted molar refractivity (Wildman–Crippen MR) is 96.6 cm³/mol. The molecule has 26 heavy (non-hydrogen) atoms. The first-order valence-electron chi connectivity index (χ1n) is 7.28. The van der Waals surface area contributed by atoms with Gasteiger partial charge in [0, 0.05) is 25.9 Å². The summed E-state index contributed by atoms with van der Waals surface area (Å²) in [5, 5.41) is 9.57. The zero-order chi connectivity index (χ0) is 20.1. The minimum Gasteiger partial charge on any atom is -0.408 e. The molecule has 0 fully saturated rings. The van der Waals surface area contributed by atoms with Crippen molar-refractivity contribution < 1.29 is 14.3 Å². The number of nitrogens with zero attached hydrogens (tertiary/aromatic N) is 3. The zero-order valence-corrected chi connectivity index (χ0v) is 14.1. The fraction of sp³-hybridized carbons (Fsp3) is 0.545. The maximum atomic E-state index is 11.9. The maximum absolute atomic E-state index is 11.9. The van der Waals surface area contributed by atoms with E-state index in [1.165, 1.54) is 0 Å². The average Bonchev–Trinajstić information content (AvgIpc) is 2.44. The van der Waals surface area contributed by atoms with E-state index in [2.05, 4.69) is 20.3 Å². The number of carbonyl (C=O) groups is 1. The van der Waals surface area contributed by atoms with Crippen LogP contribution in [0.3, 0.4) is 0 Å².